The van der Waals surface area contributed by atoms with E-state index in [2.05, 4.69) is 238 Å². The number of nitriles is 1. The quantitative estimate of drug-likeness (QED) is 0.160. The minimum atomic E-state index is 0.658. The molecule has 0 amide bonds. The first-order chi connectivity index (χ1) is 32.7. The third-order valence-electron chi connectivity index (χ3n) is 13.1. The van der Waals surface area contributed by atoms with Crippen molar-refractivity contribution in [2.75, 3.05) is 4.90 Å². The fraction of sp³-hybridized carbons (Fsp3) is 0. The second kappa shape index (κ2) is 15.2. The third kappa shape index (κ3) is 6.12. The van der Waals surface area contributed by atoms with Crippen molar-refractivity contribution in [3.8, 4) is 39.7 Å². The lowest BCUT2D eigenvalue weighted by molar-refractivity contribution is 1.17. The molecule has 0 spiro atoms. The zero-order valence-corrected chi connectivity index (χ0v) is 36.5. The molecule has 308 valence electrons. The lowest BCUT2D eigenvalue weighted by Gasteiger charge is -2.26. The highest BCUT2D eigenvalue weighted by atomic mass is 32.1. The lowest BCUT2D eigenvalue weighted by atomic mass is 10.0. The van der Waals surface area contributed by atoms with Crippen LogP contribution in [0.15, 0.2) is 231 Å². The van der Waals surface area contributed by atoms with Crippen molar-refractivity contribution in [3.63, 3.8) is 0 Å². The highest BCUT2D eigenvalue weighted by molar-refractivity contribution is 7.25. The molecule has 0 bridgehead atoms. The second-order valence-electron chi connectivity index (χ2n) is 16.9. The predicted octanol–water partition coefficient (Wildman–Crippen LogP) is 16.9. The molecule has 0 N–H and O–H groups in total. The summed E-state index contributed by atoms with van der Waals surface area (Å²) in [5.41, 5.74) is 15.3. The maximum atomic E-state index is 9.74. The van der Waals surface area contributed by atoms with E-state index < -0.39 is 0 Å². The van der Waals surface area contributed by atoms with E-state index in [1.54, 1.807) is 0 Å². The van der Waals surface area contributed by atoms with Gasteiger partial charge in [-0.05, 0) is 144 Å². The summed E-state index contributed by atoms with van der Waals surface area (Å²) in [6.45, 7) is 0. The molecule has 13 rings (SSSR count). The number of nitrogens with zero attached hydrogens (tertiary/aromatic N) is 4. The SMILES string of the molecule is N#Cc1ccc2c(c1)c1ccccc1n2-c1ccc(N(c2ccc(-n3c4ccc(-c5ccccc5)cc4c4cc(-c5ccccc5)ccc43)cc2)c2ccc3sc4ccccc4c3c2)cc1. The Labute approximate surface area is 385 Å². The summed E-state index contributed by atoms with van der Waals surface area (Å²) < 4.78 is 7.27. The van der Waals surface area contributed by atoms with Gasteiger partial charge in [0.05, 0.1) is 33.7 Å². The molecule has 0 atom stereocenters. The van der Waals surface area contributed by atoms with E-state index in [4.69, 9.17) is 0 Å². The van der Waals surface area contributed by atoms with Crippen LogP contribution in [0.4, 0.5) is 17.1 Å². The summed E-state index contributed by atoms with van der Waals surface area (Å²) in [7, 11) is 0. The Balaban J connectivity index is 0.958. The van der Waals surface area contributed by atoms with E-state index >= 15 is 0 Å². The van der Waals surface area contributed by atoms with Crippen LogP contribution >= 0.6 is 11.3 Å². The van der Waals surface area contributed by atoms with Crippen LogP contribution in [-0.4, -0.2) is 9.13 Å². The van der Waals surface area contributed by atoms with Gasteiger partial charge in [-0.3, -0.25) is 0 Å². The van der Waals surface area contributed by atoms with Gasteiger partial charge in [-0.2, -0.15) is 5.26 Å². The number of aromatic nitrogens is 2. The molecule has 0 saturated carbocycles. The third-order valence-corrected chi connectivity index (χ3v) is 14.3. The monoisotopic (exact) mass is 858 g/mol. The Bertz CT molecular complexity index is 3940. The Morgan fingerprint density at radius 3 is 1.39 bits per heavy atom. The minimum absolute atomic E-state index is 0.658. The number of hydrogen-bond donors (Lipinski definition) is 0. The summed E-state index contributed by atoms with van der Waals surface area (Å²) in [6, 6.07) is 85.3. The second-order valence-corrected chi connectivity index (χ2v) is 18.0. The summed E-state index contributed by atoms with van der Waals surface area (Å²) in [5.74, 6) is 0. The number of benzene rings is 10. The molecule has 0 radical (unpaired) electrons. The number of hydrogen-bond acceptors (Lipinski definition) is 3. The number of fused-ring (bicyclic) bond motifs is 9. The number of para-hydroxylation sites is 1. The Morgan fingerprint density at radius 1 is 0.333 bits per heavy atom. The lowest BCUT2D eigenvalue weighted by Crippen LogP contribution is -2.10. The maximum Gasteiger partial charge on any atom is 0.0991 e. The van der Waals surface area contributed by atoms with Gasteiger partial charge in [-0.1, -0.05) is 109 Å². The van der Waals surface area contributed by atoms with Gasteiger partial charge >= 0.3 is 0 Å². The molecule has 0 unspecified atom stereocenters. The molecule has 5 heteroatoms. The standard InChI is InChI=1S/C61H38N4S/c62-39-40-19-31-57-52(35-40)50-15-7-9-17-56(50)64(57)47-26-22-45(23-27-47)63(49-30-34-61-55(38-49)51-16-8-10-18-60(51)66-61)46-24-28-48(29-25-46)65-58-32-20-43(41-11-3-1-4-12-41)36-53(58)54-37-44(21-33-59(54)65)42-13-5-2-6-14-42/h1-38H. The minimum Gasteiger partial charge on any atom is -0.310 e. The van der Waals surface area contributed by atoms with Crippen LogP contribution in [0.5, 0.6) is 0 Å². The van der Waals surface area contributed by atoms with E-state index in [0.29, 0.717) is 5.56 Å². The van der Waals surface area contributed by atoms with Crippen molar-refractivity contribution in [2.45, 2.75) is 0 Å². The molecule has 13 aromatic rings. The average molecular weight is 859 g/mol. The first kappa shape index (κ1) is 37.8. The van der Waals surface area contributed by atoms with Crippen LogP contribution in [0.1, 0.15) is 5.56 Å². The Kier molecular flexibility index (Phi) is 8.74. The topological polar surface area (TPSA) is 36.9 Å². The van der Waals surface area contributed by atoms with Crippen molar-refractivity contribution < 1.29 is 0 Å². The van der Waals surface area contributed by atoms with Crippen molar-refractivity contribution in [1.82, 2.24) is 9.13 Å². The molecule has 66 heavy (non-hydrogen) atoms. The van der Waals surface area contributed by atoms with Crippen LogP contribution in [0.25, 0.3) is 97.4 Å². The van der Waals surface area contributed by atoms with Gasteiger partial charge in [-0.15, -0.1) is 11.3 Å². The highest BCUT2D eigenvalue weighted by Crippen LogP contribution is 2.43. The van der Waals surface area contributed by atoms with Gasteiger partial charge in [0.1, 0.15) is 0 Å². The smallest absolute Gasteiger partial charge is 0.0991 e. The Hall–Kier alpha value is -8.69. The van der Waals surface area contributed by atoms with Crippen LogP contribution in [0.2, 0.25) is 0 Å². The van der Waals surface area contributed by atoms with E-state index in [9.17, 15) is 5.26 Å². The van der Waals surface area contributed by atoms with Gasteiger partial charge in [0.2, 0.25) is 0 Å². The number of rotatable bonds is 7. The van der Waals surface area contributed by atoms with Gasteiger partial charge in [-0.25, -0.2) is 0 Å². The van der Waals surface area contributed by atoms with Crippen molar-refractivity contribution in [3.05, 3.63) is 236 Å². The zero-order valence-electron chi connectivity index (χ0n) is 35.6. The van der Waals surface area contributed by atoms with Gasteiger partial charge in [0.25, 0.3) is 0 Å². The summed E-state index contributed by atoms with van der Waals surface area (Å²) in [4.78, 5) is 2.37. The van der Waals surface area contributed by atoms with Crippen LogP contribution in [-0.2, 0) is 0 Å². The van der Waals surface area contributed by atoms with Crippen molar-refractivity contribution >= 4 is 92.2 Å². The fourth-order valence-electron chi connectivity index (χ4n) is 10.0. The fourth-order valence-corrected chi connectivity index (χ4v) is 11.1. The van der Waals surface area contributed by atoms with E-state index in [1.807, 2.05) is 23.5 Å². The predicted molar refractivity (Wildman–Crippen MR) is 278 cm³/mol. The number of thiophene rings is 1. The Morgan fingerprint density at radius 2 is 0.803 bits per heavy atom. The molecule has 3 aromatic heterocycles. The molecule has 0 aliphatic rings. The highest BCUT2D eigenvalue weighted by Gasteiger charge is 2.19. The van der Waals surface area contributed by atoms with Gasteiger partial charge < -0.3 is 14.0 Å². The summed E-state index contributed by atoms with van der Waals surface area (Å²) in [6.07, 6.45) is 0. The molecule has 4 nitrogen and oxygen atoms in total. The summed E-state index contributed by atoms with van der Waals surface area (Å²) in [5, 5.41) is 16.9. The van der Waals surface area contributed by atoms with Gasteiger partial charge in [0, 0.05) is 70.2 Å². The largest absolute Gasteiger partial charge is 0.310 e. The van der Waals surface area contributed by atoms with Crippen LogP contribution in [0, 0.1) is 11.3 Å². The summed E-state index contributed by atoms with van der Waals surface area (Å²) >= 11 is 1.84. The van der Waals surface area contributed by atoms with Crippen LogP contribution < -0.4 is 4.90 Å². The van der Waals surface area contributed by atoms with Crippen LogP contribution in [0.3, 0.4) is 0 Å². The normalized spacial score (nSPS) is 11.6. The molecule has 10 aromatic carbocycles. The maximum absolute atomic E-state index is 9.74. The molecule has 0 fully saturated rings. The average Bonchev–Trinajstić information content (AvgIpc) is 4.04. The van der Waals surface area contributed by atoms with Gasteiger partial charge in [0.15, 0.2) is 0 Å². The molecule has 0 aliphatic carbocycles. The van der Waals surface area contributed by atoms with Crippen molar-refractivity contribution in [1.29, 1.82) is 5.26 Å². The first-order valence-electron chi connectivity index (χ1n) is 22.2. The molecule has 0 aliphatic heterocycles. The van der Waals surface area contributed by atoms with E-state index in [-0.39, 0.29) is 0 Å². The number of anilines is 3. The molecule has 0 saturated heterocycles. The van der Waals surface area contributed by atoms with Crippen molar-refractivity contribution in [2.24, 2.45) is 0 Å². The van der Waals surface area contributed by atoms with E-state index in [0.717, 1.165) is 50.2 Å². The zero-order chi connectivity index (χ0) is 43.7. The molecule has 3 heterocycles. The molecular weight excluding hydrogens is 821 g/mol. The van der Waals surface area contributed by atoms with E-state index in [1.165, 1.54) is 64.2 Å². The molecular formula is C61H38N4S. The first-order valence-corrected chi connectivity index (χ1v) is 23.0.